The van der Waals surface area contributed by atoms with Crippen LogP contribution in [0.25, 0.3) is 0 Å². The predicted molar refractivity (Wildman–Crippen MR) is 98.3 cm³/mol. The van der Waals surface area contributed by atoms with Crippen molar-refractivity contribution >= 4 is 34.8 Å². The minimum Gasteiger partial charge on any atom is -0.497 e. The molecule has 2 atom stereocenters. The standard InChI is InChI=1S/C19H14ClFN2O5/c1-26-10-4-5-11(14(8-10)27-2)16-15-17(28-22-16)19(25)23(18(15)24)9-3-6-12(20)13(21)7-9/h3-8,15,17H,1-2H3/t15-,17+/m0/s1. The van der Waals surface area contributed by atoms with Crippen LogP contribution in [0.4, 0.5) is 10.1 Å². The molecule has 0 radical (unpaired) electrons. The van der Waals surface area contributed by atoms with Crippen LogP contribution in [0.15, 0.2) is 41.6 Å². The van der Waals surface area contributed by atoms with E-state index < -0.39 is 29.7 Å². The summed E-state index contributed by atoms with van der Waals surface area (Å²) in [6.45, 7) is 0. The smallest absolute Gasteiger partial charge is 0.278 e. The summed E-state index contributed by atoms with van der Waals surface area (Å²) in [6.07, 6.45) is -1.12. The lowest BCUT2D eigenvalue weighted by molar-refractivity contribution is -0.126. The molecule has 0 spiro atoms. The lowest BCUT2D eigenvalue weighted by Crippen LogP contribution is -2.33. The van der Waals surface area contributed by atoms with E-state index in [0.717, 1.165) is 11.0 Å². The van der Waals surface area contributed by atoms with Crippen molar-refractivity contribution in [2.75, 3.05) is 19.1 Å². The minimum atomic E-state index is -1.12. The van der Waals surface area contributed by atoms with Gasteiger partial charge in [-0.3, -0.25) is 9.59 Å². The van der Waals surface area contributed by atoms with Gasteiger partial charge in [0.05, 0.1) is 24.9 Å². The highest BCUT2D eigenvalue weighted by Crippen LogP contribution is 2.38. The third-order valence-corrected chi connectivity index (χ3v) is 4.96. The van der Waals surface area contributed by atoms with Crippen LogP contribution in [-0.4, -0.2) is 37.8 Å². The fourth-order valence-corrected chi connectivity index (χ4v) is 3.41. The Kier molecular flexibility index (Phi) is 4.43. The van der Waals surface area contributed by atoms with E-state index in [9.17, 15) is 14.0 Å². The van der Waals surface area contributed by atoms with Crippen LogP contribution in [0, 0.1) is 11.7 Å². The van der Waals surface area contributed by atoms with Gasteiger partial charge in [-0.1, -0.05) is 16.8 Å². The molecule has 2 heterocycles. The molecule has 144 valence electrons. The van der Waals surface area contributed by atoms with Crippen molar-refractivity contribution in [2.45, 2.75) is 6.10 Å². The summed E-state index contributed by atoms with van der Waals surface area (Å²) in [5, 5.41) is 3.84. The van der Waals surface area contributed by atoms with Crippen LogP contribution in [0.1, 0.15) is 5.56 Å². The molecule has 0 saturated carbocycles. The summed E-state index contributed by atoms with van der Waals surface area (Å²) < 4.78 is 24.4. The number of halogens is 2. The number of imide groups is 1. The molecule has 1 fully saturated rings. The molecule has 2 aromatic rings. The van der Waals surface area contributed by atoms with Crippen molar-refractivity contribution in [3.63, 3.8) is 0 Å². The van der Waals surface area contributed by atoms with Crippen molar-refractivity contribution < 1.29 is 28.3 Å². The molecule has 0 aliphatic carbocycles. The van der Waals surface area contributed by atoms with Crippen molar-refractivity contribution in [3.05, 3.63) is 52.8 Å². The molecule has 2 aromatic carbocycles. The van der Waals surface area contributed by atoms with Crippen molar-refractivity contribution in [1.82, 2.24) is 0 Å². The van der Waals surface area contributed by atoms with Crippen LogP contribution in [-0.2, 0) is 14.4 Å². The van der Waals surface area contributed by atoms with E-state index in [1.54, 1.807) is 18.2 Å². The zero-order valence-electron chi connectivity index (χ0n) is 14.8. The largest absolute Gasteiger partial charge is 0.497 e. The van der Waals surface area contributed by atoms with E-state index in [1.807, 2.05) is 0 Å². The van der Waals surface area contributed by atoms with E-state index in [1.165, 1.54) is 26.4 Å². The van der Waals surface area contributed by atoms with Gasteiger partial charge in [0.1, 0.15) is 28.9 Å². The fourth-order valence-electron chi connectivity index (χ4n) is 3.29. The molecule has 1 saturated heterocycles. The quantitative estimate of drug-likeness (QED) is 0.732. The lowest BCUT2D eigenvalue weighted by Gasteiger charge is -2.16. The maximum absolute atomic E-state index is 13.8. The average Bonchev–Trinajstić information content (AvgIpc) is 3.24. The molecular weight excluding hydrogens is 391 g/mol. The van der Waals surface area contributed by atoms with Gasteiger partial charge in [0, 0.05) is 11.6 Å². The monoisotopic (exact) mass is 404 g/mol. The summed E-state index contributed by atoms with van der Waals surface area (Å²) in [6, 6.07) is 8.70. The second-order valence-electron chi connectivity index (χ2n) is 6.16. The number of rotatable bonds is 4. The van der Waals surface area contributed by atoms with Crippen molar-refractivity contribution in [1.29, 1.82) is 0 Å². The number of nitrogens with zero attached hydrogens (tertiary/aromatic N) is 2. The first-order valence-corrected chi connectivity index (χ1v) is 8.63. The van der Waals surface area contributed by atoms with E-state index in [0.29, 0.717) is 17.1 Å². The van der Waals surface area contributed by atoms with Gasteiger partial charge in [-0.25, -0.2) is 9.29 Å². The Hall–Kier alpha value is -3.13. The minimum absolute atomic E-state index is 0.0796. The molecule has 7 nitrogen and oxygen atoms in total. The van der Waals surface area contributed by atoms with E-state index in [-0.39, 0.29) is 16.4 Å². The Morgan fingerprint density at radius 3 is 2.57 bits per heavy atom. The van der Waals surface area contributed by atoms with Crippen molar-refractivity contribution in [2.24, 2.45) is 11.1 Å². The number of carbonyl (C=O) groups is 2. The molecule has 2 aliphatic heterocycles. The van der Waals surface area contributed by atoms with Gasteiger partial charge < -0.3 is 14.3 Å². The third kappa shape index (κ3) is 2.68. The normalized spacial score (nSPS) is 20.7. The van der Waals surface area contributed by atoms with Crippen LogP contribution in [0.3, 0.4) is 0 Å². The number of anilines is 1. The summed E-state index contributed by atoms with van der Waals surface area (Å²) in [7, 11) is 2.99. The first-order valence-electron chi connectivity index (χ1n) is 8.25. The number of amides is 2. The molecule has 2 aliphatic rings. The van der Waals surface area contributed by atoms with Gasteiger partial charge in [0.25, 0.3) is 5.91 Å². The molecular formula is C19H14ClFN2O5. The summed E-state index contributed by atoms with van der Waals surface area (Å²) in [5.74, 6) is -1.91. The highest BCUT2D eigenvalue weighted by atomic mass is 35.5. The number of hydrogen-bond donors (Lipinski definition) is 0. The number of benzene rings is 2. The number of carbonyl (C=O) groups excluding carboxylic acids is 2. The second-order valence-corrected chi connectivity index (χ2v) is 6.56. The van der Waals surface area contributed by atoms with Gasteiger partial charge in [-0.05, 0) is 30.3 Å². The van der Waals surface area contributed by atoms with Crippen LogP contribution >= 0.6 is 11.6 Å². The lowest BCUT2D eigenvalue weighted by atomic mass is 9.93. The Morgan fingerprint density at radius 1 is 1.11 bits per heavy atom. The van der Waals surface area contributed by atoms with Gasteiger partial charge in [-0.2, -0.15) is 0 Å². The van der Waals surface area contributed by atoms with Crippen LogP contribution in [0.2, 0.25) is 5.02 Å². The number of methoxy groups -OCH3 is 2. The van der Waals surface area contributed by atoms with Crippen LogP contribution < -0.4 is 14.4 Å². The van der Waals surface area contributed by atoms with Crippen LogP contribution in [0.5, 0.6) is 11.5 Å². The van der Waals surface area contributed by atoms with Crippen molar-refractivity contribution in [3.8, 4) is 11.5 Å². The van der Waals surface area contributed by atoms with Gasteiger partial charge >= 0.3 is 0 Å². The Balaban J connectivity index is 1.72. The molecule has 0 aromatic heterocycles. The Bertz CT molecular complexity index is 1030. The maximum atomic E-state index is 13.8. The summed E-state index contributed by atoms with van der Waals surface area (Å²) in [5.41, 5.74) is 0.844. The van der Waals surface area contributed by atoms with Gasteiger partial charge in [0.2, 0.25) is 12.0 Å². The highest BCUT2D eigenvalue weighted by Gasteiger charge is 2.56. The number of oxime groups is 1. The number of ether oxygens (including phenoxy) is 2. The zero-order valence-corrected chi connectivity index (χ0v) is 15.6. The molecule has 9 heteroatoms. The third-order valence-electron chi connectivity index (χ3n) is 4.66. The predicted octanol–water partition coefficient (Wildman–Crippen LogP) is 2.79. The maximum Gasteiger partial charge on any atom is 0.278 e. The fraction of sp³-hybridized carbons (Fsp3) is 0.211. The first kappa shape index (κ1) is 18.2. The Labute approximate surface area is 164 Å². The van der Waals surface area contributed by atoms with Gasteiger partial charge in [0.15, 0.2) is 0 Å². The number of hydrogen-bond acceptors (Lipinski definition) is 6. The molecule has 0 unspecified atom stereocenters. The van der Waals surface area contributed by atoms with E-state index in [4.69, 9.17) is 25.9 Å². The molecule has 4 rings (SSSR count). The topological polar surface area (TPSA) is 77.4 Å². The summed E-state index contributed by atoms with van der Waals surface area (Å²) >= 11 is 5.69. The summed E-state index contributed by atoms with van der Waals surface area (Å²) in [4.78, 5) is 31.9. The molecule has 2 amide bonds. The van der Waals surface area contributed by atoms with Gasteiger partial charge in [-0.15, -0.1) is 0 Å². The molecule has 0 N–H and O–H groups in total. The first-order chi connectivity index (χ1) is 13.5. The van der Waals surface area contributed by atoms with E-state index in [2.05, 4.69) is 5.16 Å². The zero-order chi connectivity index (χ0) is 20.0. The average molecular weight is 405 g/mol. The SMILES string of the molecule is COc1ccc(C2=NO[C@H]3C(=O)N(c4ccc(Cl)c(F)c4)C(=O)[C@@H]23)c(OC)c1. The second kappa shape index (κ2) is 6.79. The Morgan fingerprint density at radius 2 is 1.89 bits per heavy atom. The number of fused-ring (bicyclic) bond motifs is 1. The van der Waals surface area contributed by atoms with E-state index >= 15 is 0 Å². The molecule has 28 heavy (non-hydrogen) atoms. The highest BCUT2D eigenvalue weighted by molar-refractivity contribution is 6.33. The molecule has 0 bridgehead atoms.